The fraction of sp³-hybridized carbons (Fsp3) is 0.333. The topological polar surface area (TPSA) is 62.2 Å². The molecule has 0 bridgehead atoms. The number of amides is 1. The van der Waals surface area contributed by atoms with Gasteiger partial charge < -0.3 is 10.4 Å². The fourth-order valence-corrected chi connectivity index (χ4v) is 2.82. The molecule has 4 nitrogen and oxygen atoms in total. The number of aliphatic hydroxyl groups excluding tert-OH is 1. The van der Waals surface area contributed by atoms with Crippen LogP contribution in [0.1, 0.15) is 25.0 Å². The second kappa shape index (κ2) is 7.11. The number of nitrogens with zero attached hydrogens (tertiary/aromatic N) is 1. The molecule has 2 N–H and O–H groups in total. The summed E-state index contributed by atoms with van der Waals surface area (Å²) in [6.07, 6.45) is 6.05. The lowest BCUT2D eigenvalue weighted by atomic mass is 10.1. The lowest BCUT2D eigenvalue weighted by molar-refractivity contribution is -0.117. The van der Waals surface area contributed by atoms with Gasteiger partial charge in [0, 0.05) is 29.1 Å². The van der Waals surface area contributed by atoms with E-state index in [2.05, 4.69) is 10.3 Å². The molecule has 1 heterocycles. The Morgan fingerprint density at radius 3 is 2.91 bits per heavy atom. The van der Waals surface area contributed by atoms with E-state index in [9.17, 15) is 4.79 Å². The first-order valence-electron chi connectivity index (χ1n) is 7.81. The molecule has 1 atom stereocenters. The van der Waals surface area contributed by atoms with Gasteiger partial charge in [-0.3, -0.25) is 4.79 Å². The van der Waals surface area contributed by atoms with Crippen LogP contribution in [0.4, 0.5) is 0 Å². The van der Waals surface area contributed by atoms with Gasteiger partial charge in [-0.05, 0) is 49.5 Å². The van der Waals surface area contributed by atoms with Crippen molar-refractivity contribution in [3.8, 4) is 0 Å². The zero-order chi connectivity index (χ0) is 16.2. The summed E-state index contributed by atoms with van der Waals surface area (Å²) in [7, 11) is 0. The zero-order valence-electron chi connectivity index (χ0n) is 12.7. The molecule has 3 rings (SSSR count). The minimum Gasteiger partial charge on any atom is -0.396 e. The second-order valence-electron chi connectivity index (χ2n) is 5.87. The summed E-state index contributed by atoms with van der Waals surface area (Å²) in [6, 6.07) is 9.44. The van der Waals surface area contributed by atoms with Gasteiger partial charge in [-0.1, -0.05) is 23.7 Å². The molecule has 2 aromatic rings. The van der Waals surface area contributed by atoms with Gasteiger partial charge in [-0.2, -0.15) is 0 Å². The number of benzene rings is 1. The van der Waals surface area contributed by atoms with Crippen molar-refractivity contribution >= 4 is 34.5 Å². The van der Waals surface area contributed by atoms with Crippen LogP contribution in [-0.4, -0.2) is 28.6 Å². The largest absolute Gasteiger partial charge is 0.396 e. The molecule has 1 aromatic carbocycles. The number of carbonyl (C=O) groups excluding carboxylic acids is 1. The van der Waals surface area contributed by atoms with Crippen LogP contribution < -0.4 is 5.32 Å². The Balaban J connectivity index is 1.67. The number of halogens is 1. The Labute approximate surface area is 140 Å². The van der Waals surface area contributed by atoms with Crippen molar-refractivity contribution in [1.82, 2.24) is 10.3 Å². The standard InChI is InChI=1S/C18H19ClN2O2/c19-14-5-3-13-4-6-15(20-17(13)11-14)7-8-18(23)21-16(9-10-22)12-1-2-12/h3-8,11-12,16,22H,1-2,9-10H2,(H,21,23)/b8-7+. The molecular weight excluding hydrogens is 312 g/mol. The number of hydrogen-bond donors (Lipinski definition) is 2. The summed E-state index contributed by atoms with van der Waals surface area (Å²) < 4.78 is 0. The van der Waals surface area contributed by atoms with E-state index >= 15 is 0 Å². The Morgan fingerprint density at radius 1 is 1.39 bits per heavy atom. The van der Waals surface area contributed by atoms with E-state index in [1.165, 1.54) is 6.08 Å². The molecule has 120 valence electrons. The molecule has 0 radical (unpaired) electrons. The zero-order valence-corrected chi connectivity index (χ0v) is 13.5. The molecule has 1 aromatic heterocycles. The van der Waals surface area contributed by atoms with Crippen LogP contribution in [0.5, 0.6) is 0 Å². The van der Waals surface area contributed by atoms with E-state index in [1.807, 2.05) is 24.3 Å². The Hall–Kier alpha value is -1.91. The van der Waals surface area contributed by atoms with E-state index in [1.54, 1.807) is 12.1 Å². The van der Waals surface area contributed by atoms with Gasteiger partial charge in [-0.25, -0.2) is 4.98 Å². The van der Waals surface area contributed by atoms with Crippen molar-refractivity contribution in [2.75, 3.05) is 6.61 Å². The van der Waals surface area contributed by atoms with E-state index in [4.69, 9.17) is 16.7 Å². The van der Waals surface area contributed by atoms with Gasteiger partial charge in [0.05, 0.1) is 11.2 Å². The maximum absolute atomic E-state index is 12.0. The summed E-state index contributed by atoms with van der Waals surface area (Å²) >= 11 is 5.98. The third kappa shape index (κ3) is 4.30. The molecular formula is C18H19ClN2O2. The van der Waals surface area contributed by atoms with Gasteiger partial charge in [0.1, 0.15) is 0 Å². The predicted octanol–water partition coefficient (Wildman–Crippen LogP) is 3.18. The third-order valence-corrected chi connectivity index (χ3v) is 4.28. The first kappa shape index (κ1) is 16.0. The lowest BCUT2D eigenvalue weighted by Crippen LogP contribution is -2.36. The molecule has 1 unspecified atom stereocenters. The average Bonchev–Trinajstić information content (AvgIpc) is 3.37. The van der Waals surface area contributed by atoms with Crippen LogP contribution in [0, 0.1) is 5.92 Å². The maximum Gasteiger partial charge on any atom is 0.244 e. The van der Waals surface area contributed by atoms with Crippen LogP contribution >= 0.6 is 11.6 Å². The number of pyridine rings is 1. The Bertz CT molecular complexity index is 741. The van der Waals surface area contributed by atoms with Gasteiger partial charge in [0.25, 0.3) is 0 Å². The molecule has 0 aliphatic heterocycles. The predicted molar refractivity (Wildman–Crippen MR) is 92.1 cm³/mol. The number of aromatic nitrogens is 1. The number of aliphatic hydroxyl groups is 1. The van der Waals surface area contributed by atoms with Crippen LogP contribution in [0.2, 0.25) is 5.02 Å². The van der Waals surface area contributed by atoms with E-state index in [0.717, 1.165) is 23.7 Å². The first-order valence-corrected chi connectivity index (χ1v) is 8.19. The van der Waals surface area contributed by atoms with Crippen molar-refractivity contribution < 1.29 is 9.90 Å². The minimum atomic E-state index is -0.150. The highest BCUT2D eigenvalue weighted by Crippen LogP contribution is 2.33. The van der Waals surface area contributed by atoms with Gasteiger partial charge in [0.15, 0.2) is 0 Å². The highest BCUT2D eigenvalue weighted by molar-refractivity contribution is 6.31. The first-order chi connectivity index (χ1) is 11.2. The summed E-state index contributed by atoms with van der Waals surface area (Å²) in [5.41, 5.74) is 1.51. The fourth-order valence-electron chi connectivity index (χ4n) is 2.65. The normalized spacial score (nSPS) is 15.9. The monoisotopic (exact) mass is 330 g/mol. The third-order valence-electron chi connectivity index (χ3n) is 4.04. The van der Waals surface area contributed by atoms with Crippen LogP contribution in [-0.2, 0) is 4.79 Å². The lowest BCUT2D eigenvalue weighted by Gasteiger charge is -2.15. The number of carbonyl (C=O) groups is 1. The molecule has 1 fully saturated rings. The molecule has 1 aliphatic rings. The molecule has 0 saturated heterocycles. The van der Waals surface area contributed by atoms with E-state index in [0.29, 0.717) is 23.1 Å². The van der Waals surface area contributed by atoms with Gasteiger partial charge >= 0.3 is 0 Å². The molecule has 5 heteroatoms. The average molecular weight is 331 g/mol. The highest BCUT2D eigenvalue weighted by atomic mass is 35.5. The number of rotatable bonds is 6. The van der Waals surface area contributed by atoms with E-state index < -0.39 is 0 Å². The number of hydrogen-bond acceptors (Lipinski definition) is 3. The molecule has 1 saturated carbocycles. The highest BCUT2D eigenvalue weighted by Gasteiger charge is 2.31. The van der Waals surface area contributed by atoms with Crippen LogP contribution in [0.15, 0.2) is 36.4 Å². The maximum atomic E-state index is 12.0. The van der Waals surface area contributed by atoms with Gasteiger partial charge in [-0.15, -0.1) is 0 Å². The minimum absolute atomic E-state index is 0.0699. The van der Waals surface area contributed by atoms with E-state index in [-0.39, 0.29) is 18.6 Å². The molecule has 23 heavy (non-hydrogen) atoms. The quantitative estimate of drug-likeness (QED) is 0.800. The number of fused-ring (bicyclic) bond motifs is 1. The molecule has 1 amide bonds. The van der Waals surface area contributed by atoms with Crippen molar-refractivity contribution in [1.29, 1.82) is 0 Å². The van der Waals surface area contributed by atoms with Gasteiger partial charge in [0.2, 0.25) is 5.91 Å². The summed E-state index contributed by atoms with van der Waals surface area (Å²) in [5, 5.41) is 13.7. The summed E-state index contributed by atoms with van der Waals surface area (Å²) in [4.78, 5) is 16.5. The van der Waals surface area contributed by atoms with Crippen molar-refractivity contribution in [3.05, 3.63) is 47.1 Å². The SMILES string of the molecule is O=C(/C=C/c1ccc2ccc(Cl)cc2n1)NC(CCO)C1CC1. The number of nitrogens with one attached hydrogen (secondary N) is 1. The molecule has 0 spiro atoms. The smallest absolute Gasteiger partial charge is 0.244 e. The van der Waals surface area contributed by atoms with Crippen molar-refractivity contribution in [2.24, 2.45) is 5.92 Å². The van der Waals surface area contributed by atoms with Crippen LogP contribution in [0.3, 0.4) is 0 Å². The summed E-state index contributed by atoms with van der Waals surface area (Å²) in [5.74, 6) is 0.365. The second-order valence-corrected chi connectivity index (χ2v) is 6.31. The van der Waals surface area contributed by atoms with Crippen LogP contribution in [0.25, 0.3) is 17.0 Å². The Morgan fingerprint density at radius 2 is 2.17 bits per heavy atom. The Kier molecular flexibility index (Phi) is 4.94. The van der Waals surface area contributed by atoms with Crippen molar-refractivity contribution in [3.63, 3.8) is 0 Å². The molecule has 1 aliphatic carbocycles. The van der Waals surface area contributed by atoms with Crippen molar-refractivity contribution in [2.45, 2.75) is 25.3 Å². The summed E-state index contributed by atoms with van der Waals surface area (Å²) in [6.45, 7) is 0.0954.